The smallest absolute Gasteiger partial charge is 0.237 e. The Kier molecular flexibility index (Phi) is 2.93. The molecule has 1 aliphatic heterocycles. The fraction of sp³-hybridized carbons (Fsp3) is 0.125. The fourth-order valence-corrected chi connectivity index (χ4v) is 3.49. The van der Waals surface area contributed by atoms with Crippen molar-refractivity contribution in [2.45, 2.75) is 11.4 Å². The van der Waals surface area contributed by atoms with Crippen LogP contribution in [0.2, 0.25) is 0 Å². The number of benzene rings is 1. The third kappa shape index (κ3) is 2.19. The molecule has 0 saturated carbocycles. The highest BCUT2D eigenvalue weighted by Gasteiger charge is 2.25. The van der Waals surface area contributed by atoms with E-state index in [-0.39, 0.29) is 5.91 Å². The minimum atomic E-state index is 0.135. The third-order valence-corrected chi connectivity index (χ3v) is 4.59. The highest BCUT2D eigenvalue weighted by atomic mass is 32.2. The molecular weight excluding hydrogens is 282 g/mol. The first-order valence-corrected chi connectivity index (χ1v) is 7.74. The zero-order valence-electron chi connectivity index (χ0n) is 11.3. The molecule has 1 amide bonds. The molecule has 1 aliphatic rings. The molecule has 21 heavy (non-hydrogen) atoms. The van der Waals surface area contributed by atoms with Gasteiger partial charge in [-0.1, -0.05) is 18.2 Å². The van der Waals surface area contributed by atoms with Crippen LogP contribution in [0.3, 0.4) is 0 Å². The molecule has 0 N–H and O–H groups in total. The second-order valence-electron chi connectivity index (χ2n) is 4.93. The van der Waals surface area contributed by atoms with Crippen LogP contribution in [0.4, 0.5) is 5.69 Å². The normalized spacial score (nSPS) is 14.5. The van der Waals surface area contributed by atoms with Crippen LogP contribution >= 0.6 is 11.8 Å². The molecule has 0 saturated heterocycles. The van der Waals surface area contributed by atoms with Crippen LogP contribution < -0.4 is 4.90 Å². The summed E-state index contributed by atoms with van der Waals surface area (Å²) >= 11 is 1.60. The average Bonchev–Trinajstić information content (AvgIpc) is 2.92. The number of amides is 1. The molecular formula is C16H13N3OS. The Morgan fingerprint density at radius 2 is 2.00 bits per heavy atom. The van der Waals surface area contributed by atoms with Crippen LogP contribution in [0, 0.1) is 0 Å². The number of thioether (sulfide) groups is 1. The van der Waals surface area contributed by atoms with E-state index < -0.39 is 0 Å². The summed E-state index contributed by atoms with van der Waals surface area (Å²) < 4.78 is 1.98. The van der Waals surface area contributed by atoms with Crippen LogP contribution in [0.1, 0.15) is 5.69 Å². The van der Waals surface area contributed by atoms with Crippen LogP contribution in [0.25, 0.3) is 5.65 Å². The largest absolute Gasteiger partial charge is 0.307 e. The number of aromatic nitrogens is 2. The molecule has 2 aromatic heterocycles. The zero-order chi connectivity index (χ0) is 14.2. The lowest BCUT2D eigenvalue weighted by molar-refractivity contribution is -0.116. The Balaban J connectivity index is 1.71. The summed E-state index contributed by atoms with van der Waals surface area (Å²) in [5.41, 5.74) is 2.78. The maximum absolute atomic E-state index is 12.2. The van der Waals surface area contributed by atoms with E-state index >= 15 is 0 Å². The molecule has 4 nitrogen and oxygen atoms in total. The average molecular weight is 295 g/mol. The van der Waals surface area contributed by atoms with Crippen molar-refractivity contribution in [3.8, 4) is 0 Å². The number of fused-ring (bicyclic) bond motifs is 2. The van der Waals surface area contributed by atoms with E-state index in [1.54, 1.807) is 11.8 Å². The monoisotopic (exact) mass is 295 g/mol. The minimum Gasteiger partial charge on any atom is -0.307 e. The quantitative estimate of drug-likeness (QED) is 0.729. The van der Waals surface area contributed by atoms with Gasteiger partial charge >= 0.3 is 0 Å². The summed E-state index contributed by atoms with van der Waals surface area (Å²) in [7, 11) is 0. The van der Waals surface area contributed by atoms with Gasteiger partial charge in [0.05, 0.1) is 23.7 Å². The number of carbonyl (C=O) groups excluding carboxylic acids is 1. The van der Waals surface area contributed by atoms with Crippen LogP contribution in [-0.2, 0) is 11.3 Å². The van der Waals surface area contributed by atoms with E-state index in [9.17, 15) is 4.79 Å². The number of pyridine rings is 1. The number of rotatable bonds is 2. The molecule has 104 valence electrons. The Morgan fingerprint density at radius 3 is 2.90 bits per heavy atom. The Hall–Kier alpha value is -2.27. The van der Waals surface area contributed by atoms with Crippen molar-refractivity contribution in [3.05, 3.63) is 60.6 Å². The number of anilines is 1. The fourth-order valence-electron chi connectivity index (χ4n) is 2.55. The molecule has 4 rings (SSSR count). The molecule has 0 aliphatic carbocycles. The molecule has 1 aromatic carbocycles. The second-order valence-corrected chi connectivity index (χ2v) is 5.95. The Labute approximate surface area is 126 Å². The van der Waals surface area contributed by atoms with Gasteiger partial charge in [-0.05, 0) is 24.3 Å². The van der Waals surface area contributed by atoms with Crippen LogP contribution in [-0.4, -0.2) is 21.0 Å². The summed E-state index contributed by atoms with van der Waals surface area (Å²) in [5.74, 6) is 0.625. The zero-order valence-corrected chi connectivity index (χ0v) is 12.1. The van der Waals surface area contributed by atoms with Gasteiger partial charge in [0.15, 0.2) is 0 Å². The van der Waals surface area contributed by atoms with Crippen molar-refractivity contribution >= 4 is 29.0 Å². The molecule has 0 radical (unpaired) electrons. The molecule has 3 aromatic rings. The molecule has 5 heteroatoms. The first kappa shape index (κ1) is 12.5. The van der Waals surface area contributed by atoms with Crippen molar-refractivity contribution in [1.82, 2.24) is 9.38 Å². The van der Waals surface area contributed by atoms with E-state index in [0.717, 1.165) is 21.9 Å². The first-order chi connectivity index (χ1) is 10.3. The third-order valence-electron chi connectivity index (χ3n) is 3.54. The Bertz CT molecular complexity index is 794. The van der Waals surface area contributed by atoms with Gasteiger partial charge in [-0.25, -0.2) is 4.98 Å². The summed E-state index contributed by atoms with van der Waals surface area (Å²) in [6.45, 7) is 0.512. The summed E-state index contributed by atoms with van der Waals surface area (Å²) in [5, 5.41) is 0. The lowest BCUT2D eigenvalue weighted by atomic mass is 10.2. The highest BCUT2D eigenvalue weighted by Crippen LogP contribution is 2.35. The van der Waals surface area contributed by atoms with Gasteiger partial charge in [0.2, 0.25) is 5.91 Å². The van der Waals surface area contributed by atoms with Crippen LogP contribution in [0.15, 0.2) is 59.8 Å². The van der Waals surface area contributed by atoms with Gasteiger partial charge < -0.3 is 9.30 Å². The molecule has 0 bridgehead atoms. The second kappa shape index (κ2) is 4.93. The number of nitrogens with zero attached hydrogens (tertiary/aromatic N) is 3. The molecule has 0 fully saturated rings. The van der Waals surface area contributed by atoms with E-state index in [1.807, 2.05) is 58.1 Å². The number of carbonyl (C=O) groups is 1. The highest BCUT2D eigenvalue weighted by molar-refractivity contribution is 8.00. The van der Waals surface area contributed by atoms with Crippen molar-refractivity contribution in [2.24, 2.45) is 0 Å². The van der Waals surface area contributed by atoms with Crippen molar-refractivity contribution in [1.29, 1.82) is 0 Å². The standard InChI is InChI=1S/C16H13N3OS/c20-16-11-21-14-6-2-1-5-13(14)19(16)10-12-9-18-8-4-3-7-15(18)17-12/h1-9H,10-11H2. The first-order valence-electron chi connectivity index (χ1n) is 6.76. The molecule has 0 atom stereocenters. The predicted octanol–water partition coefficient (Wildman–Crippen LogP) is 2.97. The topological polar surface area (TPSA) is 37.6 Å². The number of imidazole rings is 1. The van der Waals surface area contributed by atoms with E-state index in [1.165, 1.54) is 0 Å². The lowest BCUT2D eigenvalue weighted by Gasteiger charge is -2.28. The van der Waals surface area contributed by atoms with Gasteiger partial charge in [-0.15, -0.1) is 11.8 Å². The van der Waals surface area contributed by atoms with Crippen molar-refractivity contribution < 1.29 is 4.79 Å². The minimum absolute atomic E-state index is 0.135. The maximum atomic E-state index is 12.2. The Morgan fingerprint density at radius 1 is 1.14 bits per heavy atom. The van der Waals surface area contributed by atoms with Gasteiger partial charge in [0.25, 0.3) is 0 Å². The predicted molar refractivity (Wildman–Crippen MR) is 83.5 cm³/mol. The summed E-state index contributed by atoms with van der Waals surface area (Å²) in [6, 6.07) is 13.9. The van der Waals surface area contributed by atoms with Crippen molar-refractivity contribution in [2.75, 3.05) is 10.7 Å². The number of hydrogen-bond acceptors (Lipinski definition) is 3. The van der Waals surface area contributed by atoms with Gasteiger partial charge in [-0.2, -0.15) is 0 Å². The maximum Gasteiger partial charge on any atom is 0.237 e. The molecule has 0 spiro atoms. The van der Waals surface area contributed by atoms with Gasteiger partial charge in [0, 0.05) is 17.3 Å². The summed E-state index contributed by atoms with van der Waals surface area (Å²) in [4.78, 5) is 19.8. The van der Waals surface area contributed by atoms with Crippen LogP contribution in [0.5, 0.6) is 0 Å². The van der Waals surface area contributed by atoms with E-state index in [0.29, 0.717) is 12.3 Å². The molecule has 3 heterocycles. The number of hydrogen-bond donors (Lipinski definition) is 0. The van der Waals surface area contributed by atoms with E-state index in [2.05, 4.69) is 11.1 Å². The summed E-state index contributed by atoms with van der Waals surface area (Å²) in [6.07, 6.45) is 3.95. The molecule has 0 unspecified atom stereocenters. The number of para-hydroxylation sites is 1. The van der Waals surface area contributed by atoms with E-state index in [4.69, 9.17) is 0 Å². The van der Waals surface area contributed by atoms with Gasteiger partial charge in [0.1, 0.15) is 5.65 Å². The SMILES string of the molecule is O=C1CSc2ccccc2N1Cc1cn2ccccc2n1. The van der Waals surface area contributed by atoms with Crippen molar-refractivity contribution in [3.63, 3.8) is 0 Å². The lowest BCUT2D eigenvalue weighted by Crippen LogP contribution is -2.34. The van der Waals surface area contributed by atoms with Gasteiger partial charge in [-0.3, -0.25) is 4.79 Å².